The van der Waals surface area contributed by atoms with Gasteiger partial charge < -0.3 is 14.2 Å². The number of hydrogen-bond donors (Lipinski definition) is 1. The highest BCUT2D eigenvalue weighted by Crippen LogP contribution is 2.37. The number of amides is 1. The summed E-state index contributed by atoms with van der Waals surface area (Å²) >= 11 is 4.75. The van der Waals surface area contributed by atoms with Gasteiger partial charge in [-0.25, -0.2) is 0 Å². The minimum Gasteiger partial charge on any atom is -0.493 e. The molecule has 3 aromatic rings. The molecule has 0 atom stereocenters. The summed E-state index contributed by atoms with van der Waals surface area (Å²) in [5.41, 5.74) is 1.67. The Kier molecular flexibility index (Phi) is 9.01. The monoisotopic (exact) mass is 542 g/mol. The van der Waals surface area contributed by atoms with Gasteiger partial charge in [0.05, 0.1) is 11.6 Å². The number of aryl methyl sites for hydroxylation is 2. The quantitative estimate of drug-likeness (QED) is 0.213. The number of rotatable bonds is 10. The maximum absolute atomic E-state index is 12.5. The van der Waals surface area contributed by atoms with Crippen molar-refractivity contribution in [3.63, 3.8) is 0 Å². The summed E-state index contributed by atoms with van der Waals surface area (Å²) < 4.78 is 17.6. The van der Waals surface area contributed by atoms with Crippen LogP contribution in [0.3, 0.4) is 0 Å². The van der Waals surface area contributed by atoms with Crippen LogP contribution in [0.4, 0.5) is 5.13 Å². The smallest absolute Gasteiger partial charge is 0.268 e. The first-order valence-corrected chi connectivity index (χ1v) is 12.0. The van der Waals surface area contributed by atoms with Crippen LogP contribution in [-0.4, -0.2) is 36.4 Å². The molecular formula is C24H23BrN4O4S. The third-order valence-corrected chi connectivity index (χ3v) is 6.11. The number of methoxy groups -OCH3 is 1. The highest BCUT2D eigenvalue weighted by Gasteiger charge is 2.15. The largest absolute Gasteiger partial charge is 0.493 e. The molecular weight excluding hydrogens is 520 g/mol. The van der Waals surface area contributed by atoms with Gasteiger partial charge in [0.25, 0.3) is 5.91 Å². The predicted octanol–water partition coefficient (Wildman–Crippen LogP) is 5.18. The molecule has 0 aliphatic heterocycles. The van der Waals surface area contributed by atoms with E-state index in [4.69, 9.17) is 14.2 Å². The maximum atomic E-state index is 12.5. The van der Waals surface area contributed by atoms with Crippen LogP contribution in [0.25, 0.3) is 6.08 Å². The second kappa shape index (κ2) is 12.2. The van der Waals surface area contributed by atoms with Crippen LogP contribution in [0.5, 0.6) is 17.2 Å². The molecule has 3 rings (SSSR count). The third-order valence-electron chi connectivity index (χ3n) is 4.54. The minimum atomic E-state index is -0.565. The number of aromatic nitrogens is 2. The molecule has 176 valence electrons. The molecule has 2 aromatic carbocycles. The lowest BCUT2D eigenvalue weighted by Gasteiger charge is -2.14. The van der Waals surface area contributed by atoms with Crippen molar-refractivity contribution < 1.29 is 19.0 Å². The number of anilines is 1. The molecule has 8 nitrogen and oxygen atoms in total. The molecule has 0 saturated heterocycles. The SMILES string of the molecule is CCc1nnc(NC(=O)C(C#N)=Cc2cc(Br)c(OCCOc3ccc(C)cc3)c(OC)c2)s1. The first-order valence-electron chi connectivity index (χ1n) is 10.4. The Morgan fingerprint density at radius 3 is 2.59 bits per heavy atom. The lowest BCUT2D eigenvalue weighted by molar-refractivity contribution is -0.112. The normalized spacial score (nSPS) is 11.0. The number of carbonyl (C=O) groups is 1. The van der Waals surface area contributed by atoms with Crippen molar-refractivity contribution in [2.45, 2.75) is 20.3 Å². The first-order chi connectivity index (χ1) is 16.4. The summed E-state index contributed by atoms with van der Waals surface area (Å²) in [6, 6.07) is 13.1. The molecule has 0 saturated carbocycles. The Bertz CT molecular complexity index is 1220. The fourth-order valence-electron chi connectivity index (χ4n) is 2.83. The van der Waals surface area contributed by atoms with E-state index >= 15 is 0 Å². The number of benzene rings is 2. The van der Waals surface area contributed by atoms with E-state index in [0.717, 1.165) is 22.7 Å². The van der Waals surface area contributed by atoms with E-state index in [0.29, 0.717) is 39.9 Å². The molecule has 1 amide bonds. The van der Waals surface area contributed by atoms with Gasteiger partial charge in [-0.1, -0.05) is 36.0 Å². The third kappa shape index (κ3) is 6.79. The number of ether oxygens (including phenoxy) is 3. The summed E-state index contributed by atoms with van der Waals surface area (Å²) in [6.07, 6.45) is 2.18. The number of nitrogens with zero attached hydrogens (tertiary/aromatic N) is 3. The van der Waals surface area contributed by atoms with E-state index in [9.17, 15) is 10.1 Å². The number of nitrogens with one attached hydrogen (secondary N) is 1. The molecule has 0 aliphatic carbocycles. The molecule has 10 heteroatoms. The van der Waals surface area contributed by atoms with Gasteiger partial charge in [-0.2, -0.15) is 5.26 Å². The Hall–Kier alpha value is -3.42. The molecule has 0 fully saturated rings. The molecule has 1 aromatic heterocycles. The lowest BCUT2D eigenvalue weighted by atomic mass is 10.1. The molecule has 0 bridgehead atoms. The van der Waals surface area contributed by atoms with Gasteiger partial charge in [0.1, 0.15) is 35.6 Å². The van der Waals surface area contributed by atoms with Crippen molar-refractivity contribution in [3.05, 3.63) is 62.6 Å². The van der Waals surface area contributed by atoms with Crippen LogP contribution >= 0.6 is 27.3 Å². The van der Waals surface area contributed by atoms with E-state index in [-0.39, 0.29) is 5.57 Å². The average Bonchev–Trinajstić information content (AvgIpc) is 3.29. The van der Waals surface area contributed by atoms with E-state index in [1.807, 2.05) is 44.2 Å². The zero-order chi connectivity index (χ0) is 24.5. The second-order valence-corrected chi connectivity index (χ2v) is 8.94. The van der Waals surface area contributed by atoms with Crippen molar-refractivity contribution in [1.82, 2.24) is 10.2 Å². The van der Waals surface area contributed by atoms with Crippen molar-refractivity contribution in [3.8, 4) is 23.3 Å². The van der Waals surface area contributed by atoms with E-state index < -0.39 is 5.91 Å². The number of hydrogen-bond acceptors (Lipinski definition) is 8. The van der Waals surface area contributed by atoms with Crippen LogP contribution < -0.4 is 19.5 Å². The number of nitriles is 1. The summed E-state index contributed by atoms with van der Waals surface area (Å²) in [4.78, 5) is 12.5. The van der Waals surface area contributed by atoms with Gasteiger partial charge in [0.2, 0.25) is 5.13 Å². The van der Waals surface area contributed by atoms with Gasteiger partial charge in [-0.15, -0.1) is 10.2 Å². The summed E-state index contributed by atoms with van der Waals surface area (Å²) in [6.45, 7) is 4.61. The van der Waals surface area contributed by atoms with Crippen LogP contribution in [-0.2, 0) is 11.2 Å². The maximum Gasteiger partial charge on any atom is 0.268 e. The van der Waals surface area contributed by atoms with E-state index in [2.05, 4.69) is 31.4 Å². The Labute approximate surface area is 210 Å². The van der Waals surface area contributed by atoms with Gasteiger partial charge in [-0.05, 0) is 65.2 Å². The number of halogens is 1. The topological polar surface area (TPSA) is 106 Å². The lowest BCUT2D eigenvalue weighted by Crippen LogP contribution is -2.13. The van der Waals surface area contributed by atoms with Crippen molar-refractivity contribution in [2.24, 2.45) is 0 Å². The molecule has 1 N–H and O–H groups in total. The van der Waals surface area contributed by atoms with Gasteiger partial charge in [0.15, 0.2) is 11.5 Å². The van der Waals surface area contributed by atoms with Crippen molar-refractivity contribution in [2.75, 3.05) is 25.6 Å². The Balaban J connectivity index is 1.68. The first kappa shape index (κ1) is 25.2. The zero-order valence-electron chi connectivity index (χ0n) is 18.9. The zero-order valence-corrected chi connectivity index (χ0v) is 21.3. The van der Waals surface area contributed by atoms with Gasteiger partial charge in [-0.3, -0.25) is 10.1 Å². The molecule has 0 radical (unpaired) electrons. The van der Waals surface area contributed by atoms with E-state index in [1.54, 1.807) is 12.1 Å². The summed E-state index contributed by atoms with van der Waals surface area (Å²) in [5.74, 6) is 1.15. The van der Waals surface area contributed by atoms with E-state index in [1.165, 1.54) is 24.5 Å². The molecule has 0 spiro atoms. The molecule has 1 heterocycles. The average molecular weight is 543 g/mol. The highest BCUT2D eigenvalue weighted by atomic mass is 79.9. The van der Waals surface area contributed by atoms with Crippen LogP contribution in [0, 0.1) is 18.3 Å². The minimum absolute atomic E-state index is 0.0811. The highest BCUT2D eigenvalue weighted by molar-refractivity contribution is 9.10. The number of carbonyl (C=O) groups excluding carboxylic acids is 1. The van der Waals surface area contributed by atoms with Crippen molar-refractivity contribution >= 4 is 44.4 Å². The fraction of sp³-hybridized carbons (Fsp3) is 0.250. The van der Waals surface area contributed by atoms with Crippen LogP contribution in [0.15, 0.2) is 46.4 Å². The van der Waals surface area contributed by atoms with Crippen LogP contribution in [0.2, 0.25) is 0 Å². The molecule has 0 unspecified atom stereocenters. The Morgan fingerprint density at radius 1 is 1.21 bits per heavy atom. The second-order valence-electron chi connectivity index (χ2n) is 7.02. The fourth-order valence-corrected chi connectivity index (χ4v) is 4.08. The van der Waals surface area contributed by atoms with Crippen LogP contribution in [0.1, 0.15) is 23.1 Å². The Morgan fingerprint density at radius 2 is 1.94 bits per heavy atom. The summed E-state index contributed by atoms with van der Waals surface area (Å²) in [7, 11) is 1.52. The van der Waals surface area contributed by atoms with Crippen molar-refractivity contribution in [1.29, 1.82) is 5.26 Å². The van der Waals surface area contributed by atoms with Gasteiger partial charge >= 0.3 is 0 Å². The molecule has 34 heavy (non-hydrogen) atoms. The predicted molar refractivity (Wildman–Crippen MR) is 134 cm³/mol. The van der Waals surface area contributed by atoms with Gasteiger partial charge in [0, 0.05) is 0 Å². The standard InChI is InChI=1S/C24H23BrN4O4S/c1-4-21-28-29-24(34-21)27-23(30)17(14-26)11-16-12-19(25)22(20(13-16)31-3)33-10-9-32-18-7-5-15(2)6-8-18/h5-8,11-13H,4,9-10H2,1-3H3,(H,27,29,30). The molecule has 0 aliphatic rings. The summed E-state index contributed by atoms with van der Waals surface area (Å²) in [5, 5.41) is 21.1.